The Bertz CT molecular complexity index is 378. The standard InChI is InChI=1S/C13H25O8P/c1-3-5-6-7-8-13(15)21-11(9-19-12(14)4-2)10-20-22(16,17)18/h11H,3-10H2,1-2H3,(H2,16,17,18)/t11-/m1/s1. The molecular weight excluding hydrogens is 315 g/mol. The number of hydrogen-bond acceptors (Lipinski definition) is 6. The third kappa shape index (κ3) is 12.8. The summed E-state index contributed by atoms with van der Waals surface area (Å²) in [5, 5.41) is 0. The van der Waals surface area contributed by atoms with Crippen molar-refractivity contribution in [3.8, 4) is 0 Å². The predicted molar refractivity (Wildman–Crippen MR) is 77.9 cm³/mol. The van der Waals surface area contributed by atoms with Crippen LogP contribution >= 0.6 is 7.82 Å². The molecule has 0 aliphatic rings. The Balaban J connectivity index is 4.28. The van der Waals surface area contributed by atoms with Gasteiger partial charge < -0.3 is 19.3 Å². The predicted octanol–water partition coefficient (Wildman–Crippen LogP) is 1.93. The van der Waals surface area contributed by atoms with Crippen LogP contribution in [0, 0.1) is 0 Å². The van der Waals surface area contributed by atoms with Crippen molar-refractivity contribution in [2.45, 2.75) is 58.5 Å². The van der Waals surface area contributed by atoms with E-state index in [4.69, 9.17) is 19.3 Å². The molecule has 2 N–H and O–H groups in total. The van der Waals surface area contributed by atoms with Gasteiger partial charge in [-0.3, -0.25) is 14.1 Å². The molecule has 0 fully saturated rings. The largest absolute Gasteiger partial charge is 0.469 e. The number of rotatable bonds is 12. The van der Waals surface area contributed by atoms with Crippen molar-refractivity contribution in [3.63, 3.8) is 0 Å². The smallest absolute Gasteiger partial charge is 0.462 e. The van der Waals surface area contributed by atoms with Crippen LogP contribution in [0.1, 0.15) is 52.4 Å². The molecule has 0 heterocycles. The van der Waals surface area contributed by atoms with Crippen LogP contribution in [0.3, 0.4) is 0 Å². The highest BCUT2D eigenvalue weighted by Gasteiger charge is 2.22. The van der Waals surface area contributed by atoms with Crippen molar-refractivity contribution in [1.82, 2.24) is 0 Å². The van der Waals surface area contributed by atoms with E-state index in [-0.39, 0.29) is 19.4 Å². The second-order valence-electron chi connectivity index (χ2n) is 4.75. The van der Waals surface area contributed by atoms with Crippen molar-refractivity contribution in [3.05, 3.63) is 0 Å². The Morgan fingerprint density at radius 3 is 2.27 bits per heavy atom. The van der Waals surface area contributed by atoms with Gasteiger partial charge in [-0.15, -0.1) is 0 Å². The minimum Gasteiger partial charge on any atom is -0.462 e. The molecule has 0 rings (SSSR count). The summed E-state index contributed by atoms with van der Waals surface area (Å²) in [7, 11) is -4.68. The molecule has 0 aliphatic heterocycles. The number of ether oxygens (including phenoxy) is 2. The van der Waals surface area contributed by atoms with Crippen LogP contribution in [0.4, 0.5) is 0 Å². The van der Waals surface area contributed by atoms with Crippen LogP contribution in [0.5, 0.6) is 0 Å². The molecule has 0 aromatic rings. The summed E-state index contributed by atoms with van der Waals surface area (Å²) in [6.45, 7) is 2.81. The number of phosphoric acid groups is 1. The SMILES string of the molecule is CCCCCCC(=O)O[C@H](COC(=O)CC)COP(=O)(O)O. The van der Waals surface area contributed by atoms with Gasteiger partial charge in [0.2, 0.25) is 0 Å². The highest BCUT2D eigenvalue weighted by Crippen LogP contribution is 2.35. The minimum absolute atomic E-state index is 0.150. The first kappa shape index (κ1) is 21.0. The van der Waals surface area contributed by atoms with E-state index in [0.717, 1.165) is 19.3 Å². The highest BCUT2D eigenvalue weighted by molar-refractivity contribution is 7.46. The molecule has 9 heteroatoms. The quantitative estimate of drug-likeness (QED) is 0.314. The summed E-state index contributed by atoms with van der Waals surface area (Å²) in [6, 6.07) is 0. The number of hydrogen-bond donors (Lipinski definition) is 2. The molecule has 0 saturated carbocycles. The van der Waals surface area contributed by atoms with Gasteiger partial charge in [0.1, 0.15) is 6.61 Å². The Kier molecular flexibility index (Phi) is 11.1. The lowest BCUT2D eigenvalue weighted by atomic mass is 10.1. The topological polar surface area (TPSA) is 119 Å². The van der Waals surface area contributed by atoms with Crippen LogP contribution < -0.4 is 0 Å². The van der Waals surface area contributed by atoms with E-state index in [0.29, 0.717) is 6.42 Å². The van der Waals surface area contributed by atoms with E-state index in [1.807, 2.05) is 0 Å². The van der Waals surface area contributed by atoms with Crippen molar-refractivity contribution in [1.29, 1.82) is 0 Å². The second-order valence-corrected chi connectivity index (χ2v) is 5.98. The molecule has 0 bridgehead atoms. The van der Waals surface area contributed by atoms with Crippen molar-refractivity contribution < 1.29 is 37.9 Å². The number of carbonyl (C=O) groups is 2. The lowest BCUT2D eigenvalue weighted by Gasteiger charge is -2.18. The summed E-state index contributed by atoms with van der Waals surface area (Å²) >= 11 is 0. The van der Waals surface area contributed by atoms with Crippen molar-refractivity contribution in [2.75, 3.05) is 13.2 Å². The molecule has 0 unspecified atom stereocenters. The van der Waals surface area contributed by atoms with Crippen LogP contribution in [0.25, 0.3) is 0 Å². The van der Waals surface area contributed by atoms with Crippen LogP contribution in [0.2, 0.25) is 0 Å². The Hall–Kier alpha value is -0.950. The van der Waals surface area contributed by atoms with Gasteiger partial charge in [0.15, 0.2) is 6.10 Å². The summed E-state index contributed by atoms with van der Waals surface area (Å²) < 4.78 is 24.8. The molecule has 0 aromatic heterocycles. The normalized spacial score (nSPS) is 12.7. The number of phosphoric ester groups is 1. The van der Waals surface area contributed by atoms with Gasteiger partial charge in [0.05, 0.1) is 6.61 Å². The first-order chi connectivity index (χ1) is 10.3. The highest BCUT2D eigenvalue weighted by atomic mass is 31.2. The lowest BCUT2D eigenvalue weighted by Crippen LogP contribution is -2.29. The zero-order valence-corrected chi connectivity index (χ0v) is 13.9. The monoisotopic (exact) mass is 340 g/mol. The maximum atomic E-state index is 11.6. The Morgan fingerprint density at radius 1 is 1.05 bits per heavy atom. The molecule has 0 aliphatic carbocycles. The van der Waals surface area contributed by atoms with E-state index in [2.05, 4.69) is 11.4 Å². The van der Waals surface area contributed by atoms with Crippen LogP contribution in [0.15, 0.2) is 0 Å². The van der Waals surface area contributed by atoms with Gasteiger partial charge in [-0.1, -0.05) is 33.1 Å². The summed E-state index contributed by atoms with van der Waals surface area (Å²) in [6.07, 6.45) is 2.95. The Labute approximate surface area is 130 Å². The van der Waals surface area contributed by atoms with Gasteiger partial charge in [-0.05, 0) is 6.42 Å². The molecule has 8 nitrogen and oxygen atoms in total. The van der Waals surface area contributed by atoms with E-state index in [1.165, 1.54) is 0 Å². The van der Waals surface area contributed by atoms with Crippen LogP contribution in [-0.2, 0) is 28.2 Å². The van der Waals surface area contributed by atoms with Crippen molar-refractivity contribution in [2.24, 2.45) is 0 Å². The van der Waals surface area contributed by atoms with E-state index in [9.17, 15) is 14.2 Å². The second kappa shape index (κ2) is 11.6. The Morgan fingerprint density at radius 2 is 1.73 bits per heavy atom. The molecule has 0 spiro atoms. The van der Waals surface area contributed by atoms with Crippen molar-refractivity contribution >= 4 is 19.8 Å². The first-order valence-electron chi connectivity index (χ1n) is 7.33. The van der Waals surface area contributed by atoms with Gasteiger partial charge in [-0.2, -0.15) is 0 Å². The summed E-state index contributed by atoms with van der Waals surface area (Å²) in [4.78, 5) is 40.1. The number of carbonyl (C=O) groups excluding carboxylic acids is 2. The van der Waals surface area contributed by atoms with E-state index in [1.54, 1.807) is 6.92 Å². The fourth-order valence-electron chi connectivity index (χ4n) is 1.53. The molecule has 0 amide bonds. The fraction of sp³-hybridized carbons (Fsp3) is 0.846. The summed E-state index contributed by atoms with van der Waals surface area (Å²) in [5.74, 6) is -1.01. The maximum absolute atomic E-state index is 11.6. The zero-order chi connectivity index (χ0) is 17.0. The minimum atomic E-state index is -4.68. The molecule has 22 heavy (non-hydrogen) atoms. The van der Waals surface area contributed by atoms with Gasteiger partial charge in [-0.25, -0.2) is 4.57 Å². The van der Waals surface area contributed by atoms with E-state index < -0.39 is 32.5 Å². The van der Waals surface area contributed by atoms with Gasteiger partial charge in [0, 0.05) is 12.8 Å². The summed E-state index contributed by atoms with van der Waals surface area (Å²) in [5.41, 5.74) is 0. The molecule has 0 aromatic carbocycles. The van der Waals surface area contributed by atoms with Crippen LogP contribution in [-0.4, -0.2) is 41.0 Å². The number of unbranched alkanes of at least 4 members (excludes halogenated alkanes) is 3. The average Bonchev–Trinajstić information content (AvgIpc) is 2.45. The molecule has 130 valence electrons. The fourth-order valence-corrected chi connectivity index (χ4v) is 1.89. The average molecular weight is 340 g/mol. The molecular formula is C13H25O8P. The third-order valence-corrected chi connectivity index (χ3v) is 3.17. The zero-order valence-electron chi connectivity index (χ0n) is 13.0. The van der Waals surface area contributed by atoms with E-state index >= 15 is 0 Å². The molecule has 0 radical (unpaired) electrons. The maximum Gasteiger partial charge on any atom is 0.469 e. The lowest BCUT2D eigenvalue weighted by molar-refractivity contribution is -0.161. The van der Waals surface area contributed by atoms with Gasteiger partial charge >= 0.3 is 19.8 Å². The van der Waals surface area contributed by atoms with Gasteiger partial charge in [0.25, 0.3) is 0 Å². The first-order valence-corrected chi connectivity index (χ1v) is 8.86. The third-order valence-electron chi connectivity index (χ3n) is 2.68. The molecule has 0 saturated heterocycles. The number of esters is 2. The molecule has 1 atom stereocenters.